The van der Waals surface area contributed by atoms with Gasteiger partial charge in [-0.15, -0.1) is 21.8 Å². The van der Waals surface area contributed by atoms with E-state index in [0.29, 0.717) is 37.8 Å². The number of hydrogen-bond acceptors (Lipinski definition) is 8. The fraction of sp³-hybridized carbons (Fsp3) is 0.545. The van der Waals surface area contributed by atoms with Crippen LogP contribution < -0.4 is 17.2 Å². The number of nitrogens with zero attached hydrogens (tertiary/aromatic N) is 5. The summed E-state index contributed by atoms with van der Waals surface area (Å²) in [6, 6.07) is 0. The number of carbonyl (C=O) groups excluding carboxylic acids is 2. The molecule has 1 unspecified atom stereocenters. The molecule has 2 aromatic rings. The van der Waals surface area contributed by atoms with Crippen molar-refractivity contribution in [3.8, 4) is 0 Å². The first-order valence-electron chi connectivity index (χ1n) is 11.7. The lowest BCUT2D eigenvalue weighted by Crippen LogP contribution is -2.40. The highest BCUT2D eigenvalue weighted by molar-refractivity contribution is 6.25. The van der Waals surface area contributed by atoms with Crippen molar-refractivity contribution in [1.29, 1.82) is 0 Å². The molecule has 3 rings (SSSR count). The third kappa shape index (κ3) is 7.54. The minimum absolute atomic E-state index is 0.0230. The minimum Gasteiger partial charge on any atom is -0.451 e. The zero-order valence-electron chi connectivity index (χ0n) is 20.5. The van der Waals surface area contributed by atoms with Gasteiger partial charge in [-0.25, -0.2) is 14.5 Å². The highest BCUT2D eigenvalue weighted by Gasteiger charge is 2.44. The Labute approximate surface area is 219 Å². The summed E-state index contributed by atoms with van der Waals surface area (Å²) in [6.45, 7) is 0.775. The largest absolute Gasteiger partial charge is 0.451 e. The summed E-state index contributed by atoms with van der Waals surface area (Å²) in [7, 11) is 0. The van der Waals surface area contributed by atoms with Crippen LogP contribution in [0.3, 0.4) is 0 Å². The number of nitrogens with one attached hydrogen (secondary N) is 1. The smallest absolute Gasteiger partial charge is 0.427 e. The Morgan fingerprint density at radius 3 is 2.63 bits per heavy atom. The Morgan fingerprint density at radius 1 is 1.32 bits per heavy atom. The van der Waals surface area contributed by atoms with Gasteiger partial charge in [-0.3, -0.25) is 19.3 Å². The summed E-state index contributed by atoms with van der Waals surface area (Å²) in [4.78, 5) is 39.7. The Balaban J connectivity index is 1.93. The quantitative estimate of drug-likeness (QED) is 0.199. The first-order valence-corrected chi connectivity index (χ1v) is 12.1. The van der Waals surface area contributed by atoms with Gasteiger partial charge in [-0.2, -0.15) is 13.2 Å². The molecule has 12 nitrogen and oxygen atoms in total. The number of carbonyl (C=O) groups is 2. The van der Waals surface area contributed by atoms with Crippen LogP contribution in [0, 0.1) is 0 Å². The van der Waals surface area contributed by atoms with Crippen LogP contribution in [0.2, 0.25) is 0 Å². The number of ether oxygens (including phenoxy) is 1. The number of hydrogen-bond donors (Lipinski definition) is 3. The van der Waals surface area contributed by atoms with Gasteiger partial charge >= 0.3 is 17.8 Å². The van der Waals surface area contributed by atoms with Crippen molar-refractivity contribution in [3.05, 3.63) is 46.2 Å². The van der Waals surface area contributed by atoms with E-state index in [2.05, 4.69) is 20.3 Å². The van der Waals surface area contributed by atoms with Gasteiger partial charge in [0.15, 0.2) is 5.82 Å². The summed E-state index contributed by atoms with van der Waals surface area (Å²) in [5.74, 6) is -2.36. The number of aromatic nitrogens is 6. The van der Waals surface area contributed by atoms with Gasteiger partial charge in [0.25, 0.3) is 5.91 Å². The Morgan fingerprint density at radius 2 is 2.05 bits per heavy atom. The topological polar surface area (TPSA) is 177 Å². The molecule has 2 heterocycles. The molecule has 1 aliphatic rings. The molecule has 0 aromatic carbocycles. The van der Waals surface area contributed by atoms with E-state index in [-0.39, 0.29) is 30.4 Å². The van der Waals surface area contributed by atoms with Crippen LogP contribution in [0.5, 0.6) is 0 Å². The molecule has 1 amide bonds. The standard InChI is InChI=1S/C22H28ClF3N8O4/c1-21(23)8-6-13(7-9-21)19-32-34(12-15-29-18(17(28)36)31-30-15)20(37)33(19)11-14(22(24,25)26)38-16(35)5-3-2-4-10-27/h6-8,14H,2-5,9-12,27H2,1H3,(H2,28,36)(H,29,30,31)/t14-,21?/m0/s1. The van der Waals surface area contributed by atoms with Crippen molar-refractivity contribution >= 4 is 29.1 Å². The number of esters is 1. The van der Waals surface area contributed by atoms with Crippen LogP contribution >= 0.6 is 11.6 Å². The minimum atomic E-state index is -4.96. The number of primary amides is 1. The summed E-state index contributed by atoms with van der Waals surface area (Å²) >= 11 is 6.30. The third-order valence-corrected chi connectivity index (χ3v) is 5.92. The van der Waals surface area contributed by atoms with E-state index in [4.69, 9.17) is 27.8 Å². The lowest BCUT2D eigenvalue weighted by molar-refractivity contribution is -0.224. The van der Waals surface area contributed by atoms with Crippen molar-refractivity contribution < 1.29 is 27.5 Å². The highest BCUT2D eigenvalue weighted by Crippen LogP contribution is 2.31. The van der Waals surface area contributed by atoms with Crippen LogP contribution in [0.1, 0.15) is 61.3 Å². The second kappa shape index (κ2) is 11.9. The van der Waals surface area contributed by atoms with Crippen molar-refractivity contribution in [2.45, 2.75) is 69.3 Å². The number of unbranched alkanes of at least 4 members (excludes halogenated alkanes) is 2. The van der Waals surface area contributed by atoms with Gasteiger partial charge in [0.1, 0.15) is 12.4 Å². The monoisotopic (exact) mass is 560 g/mol. The molecule has 0 fully saturated rings. The molecule has 0 saturated heterocycles. The van der Waals surface area contributed by atoms with Gasteiger partial charge in [0.2, 0.25) is 11.9 Å². The normalized spacial score (nSPS) is 18.3. The average Bonchev–Trinajstić information content (AvgIpc) is 3.42. The number of nitrogens with two attached hydrogens (primary N) is 2. The molecule has 16 heteroatoms. The van der Waals surface area contributed by atoms with Gasteiger partial charge in [0, 0.05) is 12.0 Å². The molecule has 0 aliphatic heterocycles. The lowest BCUT2D eigenvalue weighted by atomic mass is 9.97. The molecule has 2 atom stereocenters. The third-order valence-electron chi connectivity index (χ3n) is 5.64. The van der Waals surface area contributed by atoms with Crippen molar-refractivity contribution in [2.75, 3.05) is 6.54 Å². The first-order chi connectivity index (χ1) is 17.8. The van der Waals surface area contributed by atoms with Gasteiger partial charge in [0.05, 0.1) is 11.4 Å². The highest BCUT2D eigenvalue weighted by atomic mass is 35.5. The molecular formula is C22H28ClF3N8O4. The Kier molecular flexibility index (Phi) is 9.14. The number of alkyl halides is 4. The lowest BCUT2D eigenvalue weighted by Gasteiger charge is -2.23. The molecular weight excluding hydrogens is 533 g/mol. The van der Waals surface area contributed by atoms with Crippen LogP contribution in [0.25, 0.3) is 5.57 Å². The fourth-order valence-electron chi connectivity index (χ4n) is 3.60. The number of amides is 1. The van der Waals surface area contributed by atoms with E-state index in [9.17, 15) is 27.6 Å². The first kappa shape index (κ1) is 29.1. The molecule has 0 spiro atoms. The van der Waals surface area contributed by atoms with Gasteiger partial charge in [-0.1, -0.05) is 24.6 Å². The van der Waals surface area contributed by atoms with E-state index >= 15 is 0 Å². The summed E-state index contributed by atoms with van der Waals surface area (Å²) in [5, 5.41) is 10.2. The number of H-pyrrole nitrogens is 1. The molecule has 0 bridgehead atoms. The van der Waals surface area contributed by atoms with E-state index < -0.39 is 41.3 Å². The Bertz CT molecular complexity index is 1280. The SMILES string of the molecule is CC1(Cl)C=CC(c2nn(Cc3nc(C(N)=O)n[nH]3)c(=O)n2C[C@H](OC(=O)CCCCCN)C(F)(F)F)=CC1. The number of aromatic amines is 1. The van der Waals surface area contributed by atoms with Crippen LogP contribution in [0.4, 0.5) is 13.2 Å². The van der Waals surface area contributed by atoms with Crippen molar-refractivity contribution in [3.63, 3.8) is 0 Å². The second-order valence-corrected chi connectivity index (χ2v) is 9.80. The zero-order chi connectivity index (χ0) is 28.1. The molecule has 38 heavy (non-hydrogen) atoms. The zero-order valence-corrected chi connectivity index (χ0v) is 21.3. The van der Waals surface area contributed by atoms with Gasteiger partial charge in [-0.05, 0) is 32.7 Å². The number of rotatable bonds is 12. The predicted octanol–water partition coefficient (Wildman–Crippen LogP) is 1.64. The van der Waals surface area contributed by atoms with Gasteiger partial charge < -0.3 is 16.2 Å². The Hall–Kier alpha value is -3.46. The van der Waals surface area contributed by atoms with E-state index in [0.717, 1.165) is 9.25 Å². The summed E-state index contributed by atoms with van der Waals surface area (Å²) in [5.41, 5.74) is 9.93. The van der Waals surface area contributed by atoms with E-state index in [1.807, 2.05) is 0 Å². The van der Waals surface area contributed by atoms with Crippen molar-refractivity contribution in [2.24, 2.45) is 11.5 Å². The summed E-state index contributed by atoms with van der Waals surface area (Å²) < 4.78 is 48.1. The van der Waals surface area contributed by atoms with E-state index in [1.54, 1.807) is 25.2 Å². The van der Waals surface area contributed by atoms with Crippen LogP contribution in [0.15, 0.2) is 23.0 Å². The maximum atomic E-state index is 13.9. The maximum absolute atomic E-state index is 13.9. The molecule has 0 radical (unpaired) electrons. The molecule has 208 valence electrons. The van der Waals surface area contributed by atoms with Crippen LogP contribution in [-0.2, 0) is 22.6 Å². The predicted molar refractivity (Wildman–Crippen MR) is 130 cm³/mol. The molecule has 2 aromatic heterocycles. The van der Waals surface area contributed by atoms with Crippen LogP contribution in [-0.4, -0.2) is 65.1 Å². The molecule has 0 saturated carbocycles. The maximum Gasteiger partial charge on any atom is 0.427 e. The number of allylic oxidation sites excluding steroid dienone is 4. The second-order valence-electron chi connectivity index (χ2n) is 8.94. The van der Waals surface area contributed by atoms with Crippen molar-refractivity contribution in [1.82, 2.24) is 29.5 Å². The molecule has 5 N–H and O–H groups in total. The van der Waals surface area contributed by atoms with E-state index in [1.165, 1.54) is 0 Å². The summed E-state index contributed by atoms with van der Waals surface area (Å²) in [6.07, 6.45) is -1.11. The fourth-order valence-corrected chi connectivity index (χ4v) is 3.74. The molecule has 1 aliphatic carbocycles. The average molecular weight is 561 g/mol. The number of halogens is 4.